The van der Waals surface area contributed by atoms with Gasteiger partial charge >= 0.3 is 11.9 Å². The molecule has 0 bridgehead atoms. The first-order valence-corrected chi connectivity index (χ1v) is 10.1. The third kappa shape index (κ3) is 6.30. The van der Waals surface area contributed by atoms with Gasteiger partial charge in [0.05, 0.1) is 30.0 Å². The van der Waals surface area contributed by atoms with Crippen molar-refractivity contribution >= 4 is 29.6 Å². The molecule has 0 N–H and O–H groups in total. The lowest BCUT2D eigenvalue weighted by Crippen LogP contribution is -2.30. The van der Waals surface area contributed by atoms with Crippen LogP contribution < -0.4 is 4.74 Å². The largest absolute Gasteiger partial charge is 0.482 e. The second kappa shape index (κ2) is 10.8. The fourth-order valence-corrected chi connectivity index (χ4v) is 3.53. The second-order valence-corrected chi connectivity index (χ2v) is 7.27. The van der Waals surface area contributed by atoms with Crippen LogP contribution in [0.15, 0.2) is 35.4 Å². The first-order chi connectivity index (χ1) is 13.4. The normalized spacial score (nSPS) is 15.2. The molecule has 1 fully saturated rings. The molecule has 0 saturated carbocycles. The highest BCUT2D eigenvalue weighted by Crippen LogP contribution is 2.28. The average molecular weight is 407 g/mol. The van der Waals surface area contributed by atoms with E-state index in [-0.39, 0.29) is 43.9 Å². The minimum absolute atomic E-state index is 0.0144. The van der Waals surface area contributed by atoms with Gasteiger partial charge in [0, 0.05) is 0 Å². The first kappa shape index (κ1) is 21.8. The minimum Gasteiger partial charge on any atom is -0.482 e. The Morgan fingerprint density at radius 3 is 2.71 bits per heavy atom. The summed E-state index contributed by atoms with van der Waals surface area (Å²) in [5.74, 6) is 0.0102. The number of hydrogen-bond acceptors (Lipinski definition) is 7. The molecule has 1 aliphatic rings. The molecule has 152 valence electrons. The molecule has 28 heavy (non-hydrogen) atoms. The zero-order valence-electron chi connectivity index (χ0n) is 16.3. The monoisotopic (exact) mass is 407 g/mol. The summed E-state index contributed by atoms with van der Waals surface area (Å²) in [5.41, 5.74) is 1.02. The zero-order chi connectivity index (χ0) is 20.5. The number of ether oxygens (including phenoxy) is 3. The van der Waals surface area contributed by atoms with Crippen molar-refractivity contribution in [2.75, 3.05) is 32.1 Å². The molecular formula is C20H25NO6S. The maximum atomic E-state index is 12.0. The molecule has 1 heterocycles. The van der Waals surface area contributed by atoms with Crippen molar-refractivity contribution in [2.45, 2.75) is 26.7 Å². The standard InChI is InChI=1S/C20H25NO6S/c1-4-25-19(23)11-18-21(17(22)13-28-18)9-10-26-20(24)12-27-16-8-6-5-7-15(16)14(2)3/h5-8,11,14H,4,9-10,12-13H2,1-3H3/b18-11+. The molecule has 2 rings (SSSR count). The number of amides is 1. The summed E-state index contributed by atoms with van der Waals surface area (Å²) in [6, 6.07) is 7.54. The fourth-order valence-electron chi connectivity index (χ4n) is 2.57. The summed E-state index contributed by atoms with van der Waals surface area (Å²) < 4.78 is 15.6. The van der Waals surface area contributed by atoms with Gasteiger partial charge in [-0.2, -0.15) is 0 Å². The molecule has 0 radical (unpaired) electrons. The molecule has 0 unspecified atom stereocenters. The number of esters is 2. The van der Waals surface area contributed by atoms with E-state index in [1.54, 1.807) is 6.92 Å². The smallest absolute Gasteiger partial charge is 0.344 e. The van der Waals surface area contributed by atoms with Crippen molar-refractivity contribution in [3.05, 3.63) is 40.9 Å². The highest BCUT2D eigenvalue weighted by molar-refractivity contribution is 8.04. The van der Waals surface area contributed by atoms with E-state index in [9.17, 15) is 14.4 Å². The van der Waals surface area contributed by atoms with Crippen molar-refractivity contribution in [2.24, 2.45) is 0 Å². The number of hydrogen-bond donors (Lipinski definition) is 0. The number of carbonyl (C=O) groups is 3. The summed E-state index contributed by atoms with van der Waals surface area (Å²) in [5, 5.41) is 0.501. The molecule has 1 aromatic carbocycles. The number of thioether (sulfide) groups is 1. The van der Waals surface area contributed by atoms with Crippen molar-refractivity contribution in [1.29, 1.82) is 0 Å². The number of para-hydroxylation sites is 1. The Hall–Kier alpha value is -2.48. The molecule has 0 aliphatic carbocycles. The van der Waals surface area contributed by atoms with Crippen LogP contribution in [0, 0.1) is 0 Å². The van der Waals surface area contributed by atoms with E-state index >= 15 is 0 Å². The second-order valence-electron chi connectivity index (χ2n) is 6.27. The van der Waals surface area contributed by atoms with Crippen molar-refractivity contribution in [3.63, 3.8) is 0 Å². The third-order valence-electron chi connectivity index (χ3n) is 3.90. The maximum Gasteiger partial charge on any atom is 0.344 e. The van der Waals surface area contributed by atoms with Gasteiger partial charge < -0.3 is 19.1 Å². The van der Waals surface area contributed by atoms with Crippen LogP contribution in [0.5, 0.6) is 5.75 Å². The van der Waals surface area contributed by atoms with Crippen LogP contribution in [0.1, 0.15) is 32.3 Å². The van der Waals surface area contributed by atoms with E-state index in [1.807, 2.05) is 38.1 Å². The van der Waals surface area contributed by atoms with E-state index in [0.717, 1.165) is 5.56 Å². The van der Waals surface area contributed by atoms with E-state index in [4.69, 9.17) is 14.2 Å². The Balaban J connectivity index is 1.81. The van der Waals surface area contributed by atoms with E-state index < -0.39 is 11.9 Å². The molecular weight excluding hydrogens is 382 g/mol. The summed E-state index contributed by atoms with van der Waals surface area (Å²) in [6.07, 6.45) is 1.28. The van der Waals surface area contributed by atoms with Crippen LogP contribution in [-0.2, 0) is 23.9 Å². The Bertz CT molecular complexity index is 746. The third-order valence-corrected chi connectivity index (χ3v) is 4.93. The van der Waals surface area contributed by atoms with Crippen LogP contribution in [0.3, 0.4) is 0 Å². The minimum atomic E-state index is -0.520. The van der Waals surface area contributed by atoms with E-state index in [1.165, 1.54) is 22.7 Å². The lowest BCUT2D eigenvalue weighted by molar-refractivity contribution is -0.147. The molecule has 0 spiro atoms. The van der Waals surface area contributed by atoms with Crippen LogP contribution in [0.2, 0.25) is 0 Å². The summed E-state index contributed by atoms with van der Waals surface area (Å²) in [6.45, 7) is 6.05. The van der Waals surface area contributed by atoms with E-state index in [2.05, 4.69) is 0 Å². The van der Waals surface area contributed by atoms with Gasteiger partial charge in [-0.05, 0) is 24.5 Å². The SMILES string of the molecule is CCOC(=O)/C=C1/SCC(=O)N1CCOC(=O)COc1ccccc1C(C)C. The fraction of sp³-hybridized carbons (Fsp3) is 0.450. The van der Waals surface area contributed by atoms with Gasteiger partial charge in [0.25, 0.3) is 0 Å². The lowest BCUT2D eigenvalue weighted by atomic mass is 10.0. The van der Waals surface area contributed by atoms with Gasteiger partial charge in [0.15, 0.2) is 6.61 Å². The van der Waals surface area contributed by atoms with Crippen molar-refractivity contribution < 1.29 is 28.6 Å². The molecule has 1 aromatic rings. The summed E-state index contributed by atoms with van der Waals surface area (Å²) in [7, 11) is 0. The molecule has 8 heteroatoms. The van der Waals surface area contributed by atoms with Gasteiger partial charge in [0.1, 0.15) is 12.4 Å². The van der Waals surface area contributed by atoms with Gasteiger partial charge in [-0.3, -0.25) is 4.79 Å². The van der Waals surface area contributed by atoms with Crippen LogP contribution in [0.4, 0.5) is 0 Å². The molecule has 1 saturated heterocycles. The number of nitrogens with zero attached hydrogens (tertiary/aromatic N) is 1. The predicted octanol–water partition coefficient (Wildman–Crippen LogP) is 2.71. The van der Waals surface area contributed by atoms with Crippen molar-refractivity contribution in [1.82, 2.24) is 4.90 Å². The highest BCUT2D eigenvalue weighted by atomic mass is 32.2. The Labute approximate surface area is 169 Å². The van der Waals surface area contributed by atoms with Crippen LogP contribution >= 0.6 is 11.8 Å². The molecule has 0 atom stereocenters. The van der Waals surface area contributed by atoms with Crippen LogP contribution in [0.25, 0.3) is 0 Å². The Morgan fingerprint density at radius 2 is 2.00 bits per heavy atom. The number of benzene rings is 1. The summed E-state index contributed by atoms with van der Waals surface area (Å²) >= 11 is 1.25. The Morgan fingerprint density at radius 1 is 1.25 bits per heavy atom. The van der Waals surface area contributed by atoms with E-state index in [0.29, 0.717) is 10.8 Å². The average Bonchev–Trinajstić information content (AvgIpc) is 3.00. The first-order valence-electron chi connectivity index (χ1n) is 9.11. The highest BCUT2D eigenvalue weighted by Gasteiger charge is 2.27. The quantitative estimate of drug-likeness (QED) is 0.460. The molecule has 1 aliphatic heterocycles. The van der Waals surface area contributed by atoms with Gasteiger partial charge in [-0.25, -0.2) is 9.59 Å². The predicted molar refractivity (Wildman–Crippen MR) is 106 cm³/mol. The Kier molecular flexibility index (Phi) is 8.38. The van der Waals surface area contributed by atoms with Gasteiger partial charge in [0.2, 0.25) is 5.91 Å². The molecule has 0 aromatic heterocycles. The zero-order valence-corrected chi connectivity index (χ0v) is 17.1. The number of rotatable bonds is 9. The topological polar surface area (TPSA) is 82.1 Å². The lowest BCUT2D eigenvalue weighted by Gasteiger charge is -2.17. The molecule has 1 amide bonds. The van der Waals surface area contributed by atoms with Gasteiger partial charge in [-0.1, -0.05) is 43.8 Å². The molecule has 7 nitrogen and oxygen atoms in total. The number of carbonyl (C=O) groups excluding carboxylic acids is 3. The maximum absolute atomic E-state index is 12.0. The van der Waals surface area contributed by atoms with Gasteiger partial charge in [-0.15, -0.1) is 0 Å². The van der Waals surface area contributed by atoms with Crippen molar-refractivity contribution in [3.8, 4) is 5.75 Å². The van der Waals surface area contributed by atoms with Crippen LogP contribution in [-0.4, -0.2) is 54.9 Å². The summed E-state index contributed by atoms with van der Waals surface area (Å²) in [4.78, 5) is 36.9.